The Kier molecular flexibility index (Phi) is 5.83. The van der Waals surface area contributed by atoms with Crippen LogP contribution in [0.25, 0.3) is 10.8 Å². The maximum absolute atomic E-state index is 12.4. The molecule has 9 heteroatoms. The molecule has 1 aliphatic rings. The highest BCUT2D eigenvalue weighted by atomic mass is 16.5. The number of fused-ring (bicyclic) bond motifs is 1. The second kappa shape index (κ2) is 9.09. The lowest BCUT2D eigenvalue weighted by Gasteiger charge is -2.21. The zero-order chi connectivity index (χ0) is 23.7. The van der Waals surface area contributed by atoms with Gasteiger partial charge in [-0.25, -0.2) is 0 Å². The van der Waals surface area contributed by atoms with Crippen molar-refractivity contribution in [2.75, 3.05) is 19.0 Å². The molecular formula is C25H26N4O5. The van der Waals surface area contributed by atoms with E-state index in [-0.39, 0.29) is 23.7 Å². The average molecular weight is 463 g/mol. The van der Waals surface area contributed by atoms with Gasteiger partial charge in [0.25, 0.3) is 0 Å². The van der Waals surface area contributed by atoms with Gasteiger partial charge in [0.1, 0.15) is 0 Å². The Hall–Kier alpha value is -4.01. The maximum atomic E-state index is 12.4. The highest BCUT2D eigenvalue weighted by molar-refractivity contribution is 6.05. The summed E-state index contributed by atoms with van der Waals surface area (Å²) >= 11 is 0. The molecule has 1 fully saturated rings. The van der Waals surface area contributed by atoms with Crippen molar-refractivity contribution in [3.63, 3.8) is 0 Å². The number of hydrogen-bond acceptors (Lipinski definition) is 7. The number of rotatable bonds is 9. The Labute approximate surface area is 196 Å². The first-order valence-electron chi connectivity index (χ1n) is 11.3. The maximum Gasteiger partial charge on any atom is 0.227 e. The van der Waals surface area contributed by atoms with E-state index in [1.165, 1.54) is 6.39 Å². The van der Waals surface area contributed by atoms with Gasteiger partial charge in [0.2, 0.25) is 24.1 Å². The first-order valence-corrected chi connectivity index (χ1v) is 11.3. The number of ether oxygens (including phenoxy) is 2. The molecule has 0 saturated heterocycles. The van der Waals surface area contributed by atoms with Gasteiger partial charge in [-0.05, 0) is 43.5 Å². The number of hydrogen-bond donors (Lipinski definition) is 2. The van der Waals surface area contributed by atoms with Crippen molar-refractivity contribution in [2.45, 2.75) is 32.2 Å². The lowest BCUT2D eigenvalue weighted by Crippen LogP contribution is -2.14. The molecule has 2 N–H and O–H groups in total. The van der Waals surface area contributed by atoms with Crippen molar-refractivity contribution in [1.82, 2.24) is 14.8 Å². The number of benzene rings is 2. The van der Waals surface area contributed by atoms with E-state index in [4.69, 9.17) is 13.9 Å². The third-order valence-corrected chi connectivity index (χ3v) is 6.03. The molecule has 1 saturated carbocycles. The van der Waals surface area contributed by atoms with E-state index in [0.717, 1.165) is 23.8 Å². The van der Waals surface area contributed by atoms with Gasteiger partial charge in [-0.1, -0.05) is 18.2 Å². The summed E-state index contributed by atoms with van der Waals surface area (Å²) in [6.45, 7) is 2.39. The molecule has 0 radical (unpaired) electrons. The third kappa shape index (κ3) is 4.16. The van der Waals surface area contributed by atoms with Crippen molar-refractivity contribution in [3.05, 3.63) is 60.4 Å². The Morgan fingerprint density at radius 1 is 1.29 bits per heavy atom. The number of methoxy groups -OCH3 is 1. The fourth-order valence-corrected chi connectivity index (χ4v) is 4.19. The van der Waals surface area contributed by atoms with Crippen molar-refractivity contribution in [1.29, 1.82) is 0 Å². The minimum Gasteiger partial charge on any atom is -0.494 e. The van der Waals surface area contributed by atoms with Crippen LogP contribution in [0.4, 0.5) is 5.69 Å². The summed E-state index contributed by atoms with van der Waals surface area (Å²) in [5, 5.41) is 23.6. The summed E-state index contributed by atoms with van der Waals surface area (Å²) in [5.74, 6) is 1.73. The lowest BCUT2D eigenvalue weighted by molar-refractivity contribution is -0.117. The molecule has 9 nitrogen and oxygen atoms in total. The molecule has 176 valence electrons. The standard InChI is InChI=1S/C25H26N4O5/c1-3-33-21-11-16(9-10-20(21)32-2)19(12-22-28-26-14-34-22)29-13-17-5-4-6-18(23(17)25(29)31)27-24(30)15-7-8-15/h4-6,9-11,13-15,19,31H,3,7-8,12H2,1-2H3,(H,27,30). The van der Waals surface area contributed by atoms with E-state index in [1.54, 1.807) is 17.7 Å². The van der Waals surface area contributed by atoms with Crippen LogP contribution in [-0.4, -0.2) is 39.5 Å². The SMILES string of the molecule is CCOc1cc(C(Cc2nnco2)n2cc3cccc(NC(=O)C4CC4)c3c2O)ccc1OC. The molecule has 0 aliphatic heterocycles. The van der Waals surface area contributed by atoms with Crippen LogP contribution in [0.1, 0.15) is 37.3 Å². The van der Waals surface area contributed by atoms with Gasteiger partial charge in [-0.3, -0.25) is 4.79 Å². The number of amides is 1. The number of nitrogens with one attached hydrogen (secondary N) is 1. The van der Waals surface area contributed by atoms with Crippen molar-refractivity contribution in [2.24, 2.45) is 5.92 Å². The summed E-state index contributed by atoms with van der Waals surface area (Å²) in [6, 6.07) is 10.8. The highest BCUT2D eigenvalue weighted by Gasteiger charge is 2.30. The number of anilines is 1. The zero-order valence-electron chi connectivity index (χ0n) is 19.0. The molecule has 1 aliphatic carbocycles. The normalized spacial score (nSPS) is 14.2. The summed E-state index contributed by atoms with van der Waals surface area (Å²) in [7, 11) is 1.59. The summed E-state index contributed by atoms with van der Waals surface area (Å²) in [6.07, 6.45) is 5.30. The lowest BCUT2D eigenvalue weighted by atomic mass is 10.0. The first kappa shape index (κ1) is 21.8. The topological polar surface area (TPSA) is 112 Å². The molecule has 1 atom stereocenters. The van der Waals surface area contributed by atoms with Gasteiger partial charge in [0.05, 0.1) is 37.3 Å². The molecular weight excluding hydrogens is 436 g/mol. The van der Waals surface area contributed by atoms with Crippen LogP contribution < -0.4 is 14.8 Å². The van der Waals surface area contributed by atoms with Crippen LogP contribution in [0, 0.1) is 5.92 Å². The molecule has 1 unspecified atom stereocenters. The predicted octanol–water partition coefficient (Wildman–Crippen LogP) is 4.32. The number of nitrogens with zero attached hydrogens (tertiary/aromatic N) is 3. The van der Waals surface area contributed by atoms with Gasteiger partial charge in [0, 0.05) is 17.5 Å². The van der Waals surface area contributed by atoms with E-state index >= 15 is 0 Å². The summed E-state index contributed by atoms with van der Waals surface area (Å²) in [4.78, 5) is 12.4. The Morgan fingerprint density at radius 2 is 2.15 bits per heavy atom. The third-order valence-electron chi connectivity index (χ3n) is 6.03. The van der Waals surface area contributed by atoms with Crippen LogP contribution in [-0.2, 0) is 11.2 Å². The molecule has 2 heterocycles. The minimum absolute atomic E-state index is 0.0152. The highest BCUT2D eigenvalue weighted by Crippen LogP contribution is 2.40. The number of carbonyl (C=O) groups excluding carboxylic acids is 1. The van der Waals surface area contributed by atoms with Gasteiger partial charge in [-0.15, -0.1) is 10.2 Å². The summed E-state index contributed by atoms with van der Waals surface area (Å²) in [5.41, 5.74) is 1.45. The van der Waals surface area contributed by atoms with Gasteiger partial charge >= 0.3 is 0 Å². The number of aromatic hydroxyl groups is 1. The molecule has 5 rings (SSSR count). The molecule has 0 spiro atoms. The number of carbonyl (C=O) groups is 1. The Morgan fingerprint density at radius 3 is 2.85 bits per heavy atom. The van der Waals surface area contributed by atoms with E-state index in [9.17, 15) is 9.90 Å². The molecule has 34 heavy (non-hydrogen) atoms. The average Bonchev–Trinajstić information content (AvgIpc) is 3.47. The van der Waals surface area contributed by atoms with Crippen LogP contribution in [0.5, 0.6) is 17.4 Å². The van der Waals surface area contributed by atoms with E-state index in [2.05, 4.69) is 15.5 Å². The smallest absolute Gasteiger partial charge is 0.227 e. The Balaban J connectivity index is 1.60. The molecule has 4 aromatic rings. The predicted molar refractivity (Wildman–Crippen MR) is 125 cm³/mol. The molecule has 0 bridgehead atoms. The summed E-state index contributed by atoms with van der Waals surface area (Å²) < 4.78 is 18.4. The molecule has 2 aromatic heterocycles. The largest absolute Gasteiger partial charge is 0.494 e. The van der Waals surface area contributed by atoms with E-state index in [1.807, 2.05) is 43.5 Å². The molecule has 2 aromatic carbocycles. The fraction of sp³-hybridized carbons (Fsp3) is 0.320. The van der Waals surface area contributed by atoms with Gasteiger partial charge < -0.3 is 28.9 Å². The van der Waals surface area contributed by atoms with Crippen LogP contribution in [0.3, 0.4) is 0 Å². The molecule has 1 amide bonds. The Bertz CT molecular complexity index is 1310. The van der Waals surface area contributed by atoms with Crippen molar-refractivity contribution < 1.29 is 23.8 Å². The van der Waals surface area contributed by atoms with Crippen molar-refractivity contribution >= 4 is 22.4 Å². The van der Waals surface area contributed by atoms with Crippen LogP contribution >= 0.6 is 0 Å². The van der Waals surface area contributed by atoms with Gasteiger partial charge in [0.15, 0.2) is 11.5 Å². The van der Waals surface area contributed by atoms with Crippen LogP contribution in [0.15, 0.2) is 53.4 Å². The monoisotopic (exact) mass is 462 g/mol. The second-order valence-corrected chi connectivity index (χ2v) is 8.29. The van der Waals surface area contributed by atoms with E-state index < -0.39 is 0 Å². The fourth-order valence-electron chi connectivity index (χ4n) is 4.19. The quantitative estimate of drug-likeness (QED) is 0.381. The minimum atomic E-state index is -0.384. The second-order valence-electron chi connectivity index (χ2n) is 8.29. The van der Waals surface area contributed by atoms with E-state index in [0.29, 0.717) is 41.5 Å². The zero-order valence-corrected chi connectivity index (χ0v) is 19.0. The first-order chi connectivity index (χ1) is 16.6. The number of aromatic nitrogens is 3. The van der Waals surface area contributed by atoms with Crippen molar-refractivity contribution in [3.8, 4) is 17.4 Å². The van der Waals surface area contributed by atoms with Crippen LogP contribution in [0.2, 0.25) is 0 Å². The van der Waals surface area contributed by atoms with Gasteiger partial charge in [-0.2, -0.15) is 0 Å².